The Labute approximate surface area is 105 Å². The molecule has 1 N–H and O–H groups in total. The number of rotatable bonds is 2. The molecular formula is C15H14N2O. The van der Waals surface area contributed by atoms with E-state index in [9.17, 15) is 5.11 Å². The molecule has 3 aromatic rings. The smallest absolute Gasteiger partial charge is 0.0783 e. The molecule has 0 radical (unpaired) electrons. The van der Waals surface area contributed by atoms with Gasteiger partial charge in [-0.1, -0.05) is 6.07 Å². The molecule has 0 bridgehead atoms. The predicted octanol–water partition coefficient (Wildman–Crippen LogP) is 3.05. The van der Waals surface area contributed by atoms with Crippen molar-refractivity contribution < 1.29 is 5.11 Å². The van der Waals surface area contributed by atoms with Gasteiger partial charge in [0, 0.05) is 35.2 Å². The molecule has 3 heterocycles. The second kappa shape index (κ2) is 4.27. The molecule has 18 heavy (non-hydrogen) atoms. The van der Waals surface area contributed by atoms with Gasteiger partial charge in [0.05, 0.1) is 11.8 Å². The molecule has 0 amide bonds. The van der Waals surface area contributed by atoms with E-state index in [1.54, 1.807) is 13.1 Å². The first-order valence-electron chi connectivity index (χ1n) is 5.96. The second-order valence-electron chi connectivity index (χ2n) is 4.36. The maximum Gasteiger partial charge on any atom is 0.0783 e. The molecule has 0 aliphatic heterocycles. The van der Waals surface area contributed by atoms with Crippen molar-refractivity contribution in [1.29, 1.82) is 0 Å². The molecule has 0 aliphatic carbocycles. The van der Waals surface area contributed by atoms with Crippen LogP contribution >= 0.6 is 0 Å². The zero-order chi connectivity index (χ0) is 12.5. The Hall–Kier alpha value is -2.13. The summed E-state index contributed by atoms with van der Waals surface area (Å²) in [5, 5.41) is 9.93. The van der Waals surface area contributed by atoms with Gasteiger partial charge in [0.2, 0.25) is 0 Å². The maximum atomic E-state index is 9.93. The Kier molecular flexibility index (Phi) is 2.61. The summed E-state index contributed by atoms with van der Waals surface area (Å²) in [5.74, 6) is 0. The van der Waals surface area contributed by atoms with Crippen LogP contribution in [0.3, 0.4) is 0 Å². The van der Waals surface area contributed by atoms with E-state index >= 15 is 0 Å². The minimum atomic E-state index is -0.500. The molecule has 1 unspecified atom stereocenters. The first-order chi connectivity index (χ1) is 8.77. The number of pyridine rings is 2. The summed E-state index contributed by atoms with van der Waals surface area (Å²) < 4.78 is 2.08. The van der Waals surface area contributed by atoms with E-state index in [-0.39, 0.29) is 0 Å². The van der Waals surface area contributed by atoms with Crippen LogP contribution in [-0.2, 0) is 0 Å². The third-order valence-corrected chi connectivity index (χ3v) is 3.09. The zero-order valence-corrected chi connectivity index (χ0v) is 10.1. The Morgan fingerprint density at radius 3 is 2.83 bits per heavy atom. The highest BCUT2D eigenvalue weighted by Gasteiger charge is 2.15. The van der Waals surface area contributed by atoms with Gasteiger partial charge in [-0.25, -0.2) is 0 Å². The van der Waals surface area contributed by atoms with E-state index < -0.39 is 6.10 Å². The van der Waals surface area contributed by atoms with Crippen LogP contribution in [-0.4, -0.2) is 14.5 Å². The van der Waals surface area contributed by atoms with Crippen molar-refractivity contribution in [2.24, 2.45) is 0 Å². The minimum absolute atomic E-state index is 0.500. The van der Waals surface area contributed by atoms with Gasteiger partial charge in [0.1, 0.15) is 0 Å². The zero-order valence-electron chi connectivity index (χ0n) is 10.1. The van der Waals surface area contributed by atoms with E-state index in [1.165, 1.54) is 0 Å². The molecule has 0 aliphatic rings. The van der Waals surface area contributed by atoms with E-state index in [2.05, 4.69) is 9.38 Å². The quantitative estimate of drug-likeness (QED) is 0.745. The number of aliphatic hydroxyl groups is 1. The molecule has 0 fully saturated rings. The summed E-state index contributed by atoms with van der Waals surface area (Å²) >= 11 is 0. The van der Waals surface area contributed by atoms with E-state index in [1.807, 2.05) is 48.8 Å². The SMILES string of the molecule is CC(O)c1cc2ccccn2c1-c1cccnc1. The standard InChI is InChI=1S/C15H14N2O/c1-11(18)14-9-13-6-2-3-8-17(13)15(14)12-5-4-7-16-10-12/h2-11,18H,1H3. The summed E-state index contributed by atoms with van der Waals surface area (Å²) in [5.41, 5.74) is 4.02. The van der Waals surface area contributed by atoms with Crippen LogP contribution in [0.2, 0.25) is 0 Å². The normalized spacial score (nSPS) is 12.8. The van der Waals surface area contributed by atoms with E-state index in [0.717, 1.165) is 22.3 Å². The largest absolute Gasteiger partial charge is 0.389 e. The number of hydrogen-bond acceptors (Lipinski definition) is 2. The molecule has 3 nitrogen and oxygen atoms in total. The third kappa shape index (κ3) is 1.69. The van der Waals surface area contributed by atoms with Crippen LogP contribution in [0.1, 0.15) is 18.6 Å². The van der Waals surface area contributed by atoms with Crippen molar-refractivity contribution in [1.82, 2.24) is 9.38 Å². The lowest BCUT2D eigenvalue weighted by Gasteiger charge is -2.08. The van der Waals surface area contributed by atoms with Crippen LogP contribution in [0.4, 0.5) is 0 Å². The molecule has 0 saturated heterocycles. The average Bonchev–Trinajstić information content (AvgIpc) is 2.79. The van der Waals surface area contributed by atoms with Gasteiger partial charge in [-0.3, -0.25) is 4.98 Å². The van der Waals surface area contributed by atoms with Gasteiger partial charge in [0.15, 0.2) is 0 Å². The van der Waals surface area contributed by atoms with Crippen LogP contribution in [0, 0.1) is 0 Å². The molecule has 3 rings (SSSR count). The molecule has 3 heteroatoms. The molecule has 0 saturated carbocycles. The van der Waals surface area contributed by atoms with Crippen LogP contribution in [0.5, 0.6) is 0 Å². The van der Waals surface area contributed by atoms with E-state index in [0.29, 0.717) is 0 Å². The Morgan fingerprint density at radius 1 is 1.22 bits per heavy atom. The number of hydrogen-bond donors (Lipinski definition) is 1. The van der Waals surface area contributed by atoms with Crippen molar-refractivity contribution in [3.8, 4) is 11.3 Å². The minimum Gasteiger partial charge on any atom is -0.389 e. The highest BCUT2D eigenvalue weighted by Crippen LogP contribution is 2.31. The maximum absolute atomic E-state index is 9.93. The summed E-state index contributed by atoms with van der Waals surface area (Å²) in [6.45, 7) is 1.79. The highest BCUT2D eigenvalue weighted by atomic mass is 16.3. The van der Waals surface area contributed by atoms with E-state index in [4.69, 9.17) is 0 Å². The first-order valence-corrected chi connectivity index (χ1v) is 5.96. The molecule has 3 aromatic heterocycles. The summed E-state index contributed by atoms with van der Waals surface area (Å²) in [6.07, 6.45) is 5.08. The lowest BCUT2D eigenvalue weighted by atomic mass is 10.1. The average molecular weight is 238 g/mol. The van der Waals surface area contributed by atoms with Crippen molar-refractivity contribution in [2.45, 2.75) is 13.0 Å². The summed E-state index contributed by atoms with van der Waals surface area (Å²) in [6, 6.07) is 11.9. The second-order valence-corrected chi connectivity index (χ2v) is 4.36. The molecule has 90 valence electrons. The monoisotopic (exact) mass is 238 g/mol. The fraction of sp³-hybridized carbons (Fsp3) is 0.133. The van der Waals surface area contributed by atoms with Gasteiger partial charge in [-0.2, -0.15) is 0 Å². The number of nitrogens with zero attached hydrogens (tertiary/aromatic N) is 2. The third-order valence-electron chi connectivity index (χ3n) is 3.09. The predicted molar refractivity (Wildman–Crippen MR) is 71.3 cm³/mol. The highest BCUT2D eigenvalue weighted by molar-refractivity contribution is 5.71. The van der Waals surface area contributed by atoms with Crippen LogP contribution in [0.25, 0.3) is 16.8 Å². The Bertz CT molecular complexity index is 671. The lowest BCUT2D eigenvalue weighted by Crippen LogP contribution is -1.95. The van der Waals surface area contributed by atoms with Gasteiger partial charge in [-0.05, 0) is 37.3 Å². The van der Waals surface area contributed by atoms with Gasteiger partial charge >= 0.3 is 0 Å². The number of aliphatic hydroxyl groups excluding tert-OH is 1. The van der Waals surface area contributed by atoms with Gasteiger partial charge in [-0.15, -0.1) is 0 Å². The van der Waals surface area contributed by atoms with Gasteiger partial charge in [0.25, 0.3) is 0 Å². The van der Waals surface area contributed by atoms with Crippen LogP contribution in [0.15, 0.2) is 55.0 Å². The molecule has 1 atom stereocenters. The number of aromatic nitrogens is 2. The first kappa shape index (κ1) is 11.0. The van der Waals surface area contributed by atoms with Crippen LogP contribution < -0.4 is 0 Å². The van der Waals surface area contributed by atoms with Crippen molar-refractivity contribution in [2.75, 3.05) is 0 Å². The fourth-order valence-corrected chi connectivity index (χ4v) is 2.27. The lowest BCUT2D eigenvalue weighted by molar-refractivity contribution is 0.200. The molecule has 0 spiro atoms. The Morgan fingerprint density at radius 2 is 2.11 bits per heavy atom. The molecule has 0 aromatic carbocycles. The topological polar surface area (TPSA) is 37.5 Å². The Balaban J connectivity index is 2.35. The van der Waals surface area contributed by atoms with Crippen molar-refractivity contribution in [3.05, 3.63) is 60.6 Å². The summed E-state index contributed by atoms with van der Waals surface area (Å²) in [4.78, 5) is 4.15. The molecular weight excluding hydrogens is 224 g/mol. The summed E-state index contributed by atoms with van der Waals surface area (Å²) in [7, 11) is 0. The fourth-order valence-electron chi connectivity index (χ4n) is 2.27. The number of fused-ring (bicyclic) bond motifs is 1. The van der Waals surface area contributed by atoms with Crippen molar-refractivity contribution >= 4 is 5.52 Å². The van der Waals surface area contributed by atoms with Crippen molar-refractivity contribution in [3.63, 3.8) is 0 Å². The van der Waals surface area contributed by atoms with Gasteiger partial charge < -0.3 is 9.51 Å².